The minimum atomic E-state index is -0.530. The fraction of sp³-hybridized carbons (Fsp3) is 0.211. The molecule has 0 bridgehead atoms. The molecule has 0 aliphatic rings. The Bertz CT molecular complexity index is 833. The maximum atomic E-state index is 12.2. The molecule has 0 spiro atoms. The van der Waals surface area contributed by atoms with Crippen LogP contribution in [0.15, 0.2) is 42.5 Å². The molecule has 0 radical (unpaired) electrons. The highest BCUT2D eigenvalue weighted by Crippen LogP contribution is 2.27. The number of ether oxygens (including phenoxy) is 3. The number of amides is 2. The van der Waals surface area contributed by atoms with E-state index in [4.69, 9.17) is 9.47 Å². The van der Waals surface area contributed by atoms with Crippen LogP contribution in [0.5, 0.6) is 11.5 Å². The second-order valence-corrected chi connectivity index (χ2v) is 5.28. The summed E-state index contributed by atoms with van der Waals surface area (Å²) in [5.74, 6) is -0.617. The van der Waals surface area contributed by atoms with Gasteiger partial charge in [-0.05, 0) is 49.4 Å². The predicted molar refractivity (Wildman–Crippen MR) is 96.9 cm³/mol. The van der Waals surface area contributed by atoms with E-state index >= 15 is 0 Å². The molecule has 2 N–H and O–H groups in total. The summed E-state index contributed by atoms with van der Waals surface area (Å²) < 4.78 is 15.2. The number of carbonyl (C=O) groups is 3. The maximum Gasteiger partial charge on any atom is 0.337 e. The molecule has 0 fully saturated rings. The minimum Gasteiger partial charge on any atom is -0.493 e. The van der Waals surface area contributed by atoms with Crippen LogP contribution in [0.3, 0.4) is 0 Å². The molecular weight excluding hydrogens is 352 g/mol. The second-order valence-electron chi connectivity index (χ2n) is 5.28. The first-order valence-corrected chi connectivity index (χ1v) is 8.10. The predicted octanol–water partition coefficient (Wildman–Crippen LogP) is 1.96. The van der Waals surface area contributed by atoms with Crippen LogP contribution < -0.4 is 20.3 Å². The van der Waals surface area contributed by atoms with E-state index in [-0.39, 0.29) is 11.1 Å². The van der Waals surface area contributed by atoms with Crippen LogP contribution >= 0.6 is 0 Å². The van der Waals surface area contributed by atoms with Crippen molar-refractivity contribution in [2.45, 2.75) is 6.92 Å². The summed E-state index contributed by atoms with van der Waals surface area (Å²) in [5, 5.41) is 0. The Morgan fingerprint density at radius 1 is 0.815 bits per heavy atom. The number of hydrogen-bond donors (Lipinski definition) is 2. The molecule has 0 atom stereocenters. The van der Waals surface area contributed by atoms with Gasteiger partial charge in [0.1, 0.15) is 0 Å². The number of hydrogen-bond acceptors (Lipinski definition) is 6. The molecule has 8 nitrogen and oxygen atoms in total. The molecule has 2 amide bonds. The van der Waals surface area contributed by atoms with Crippen LogP contribution in [-0.2, 0) is 4.74 Å². The van der Waals surface area contributed by atoms with Gasteiger partial charge in [0.05, 0.1) is 26.4 Å². The average molecular weight is 372 g/mol. The van der Waals surface area contributed by atoms with E-state index in [2.05, 4.69) is 15.6 Å². The molecule has 27 heavy (non-hydrogen) atoms. The largest absolute Gasteiger partial charge is 0.493 e. The Kier molecular flexibility index (Phi) is 6.76. The van der Waals surface area contributed by atoms with E-state index in [1.54, 1.807) is 12.1 Å². The zero-order valence-corrected chi connectivity index (χ0v) is 15.2. The molecule has 0 heterocycles. The highest BCUT2D eigenvalue weighted by molar-refractivity contribution is 6.00. The third-order valence-electron chi connectivity index (χ3n) is 3.58. The van der Waals surface area contributed by atoms with Gasteiger partial charge in [-0.15, -0.1) is 0 Å². The first-order valence-electron chi connectivity index (χ1n) is 8.10. The molecule has 0 saturated carbocycles. The summed E-state index contributed by atoms with van der Waals surface area (Å²) in [5.41, 5.74) is 5.51. The molecule has 8 heteroatoms. The Morgan fingerprint density at radius 2 is 1.37 bits per heavy atom. The number of carbonyl (C=O) groups excluding carboxylic acids is 3. The smallest absolute Gasteiger partial charge is 0.337 e. The number of methoxy groups -OCH3 is 2. The van der Waals surface area contributed by atoms with Crippen molar-refractivity contribution >= 4 is 17.8 Å². The van der Waals surface area contributed by atoms with Crippen LogP contribution in [0.1, 0.15) is 38.0 Å². The molecule has 0 saturated heterocycles. The monoisotopic (exact) mass is 372 g/mol. The molecule has 0 aliphatic heterocycles. The third kappa shape index (κ3) is 4.97. The lowest BCUT2D eigenvalue weighted by Gasteiger charge is -2.11. The summed E-state index contributed by atoms with van der Waals surface area (Å²) >= 11 is 0. The number of nitrogens with one attached hydrogen (secondary N) is 2. The van der Waals surface area contributed by atoms with E-state index in [1.807, 2.05) is 6.92 Å². The van der Waals surface area contributed by atoms with Gasteiger partial charge in [-0.25, -0.2) is 4.79 Å². The van der Waals surface area contributed by atoms with E-state index in [0.717, 1.165) is 0 Å². The zero-order chi connectivity index (χ0) is 19.8. The topological polar surface area (TPSA) is 103 Å². The summed E-state index contributed by atoms with van der Waals surface area (Å²) in [4.78, 5) is 35.7. The Labute approximate surface area is 156 Å². The van der Waals surface area contributed by atoms with Gasteiger partial charge in [0.2, 0.25) is 0 Å². The van der Waals surface area contributed by atoms with E-state index in [0.29, 0.717) is 23.7 Å². The van der Waals surface area contributed by atoms with Crippen LogP contribution in [0.2, 0.25) is 0 Å². The summed E-state index contributed by atoms with van der Waals surface area (Å²) in [6, 6.07) is 10.5. The summed E-state index contributed by atoms with van der Waals surface area (Å²) in [7, 11) is 2.74. The Balaban J connectivity index is 2.00. The normalized spacial score (nSPS) is 9.89. The molecule has 2 aromatic rings. The van der Waals surface area contributed by atoms with Crippen LogP contribution in [-0.4, -0.2) is 38.6 Å². The quantitative estimate of drug-likeness (QED) is 0.593. The Morgan fingerprint density at radius 3 is 1.93 bits per heavy atom. The third-order valence-corrected chi connectivity index (χ3v) is 3.58. The van der Waals surface area contributed by atoms with Crippen molar-refractivity contribution in [3.05, 3.63) is 59.2 Å². The lowest BCUT2D eigenvalue weighted by molar-refractivity contribution is 0.0600. The second kappa shape index (κ2) is 9.23. The van der Waals surface area contributed by atoms with Crippen molar-refractivity contribution < 1.29 is 28.6 Å². The van der Waals surface area contributed by atoms with Crippen molar-refractivity contribution in [3.8, 4) is 11.5 Å². The highest BCUT2D eigenvalue weighted by Gasteiger charge is 2.13. The summed E-state index contributed by atoms with van der Waals surface area (Å²) in [6.07, 6.45) is 0. The van der Waals surface area contributed by atoms with Crippen molar-refractivity contribution in [1.29, 1.82) is 0 Å². The lowest BCUT2D eigenvalue weighted by atomic mass is 10.1. The lowest BCUT2D eigenvalue weighted by Crippen LogP contribution is -2.41. The first kappa shape index (κ1) is 19.8. The number of hydrazine groups is 1. The van der Waals surface area contributed by atoms with Crippen molar-refractivity contribution in [1.82, 2.24) is 10.9 Å². The molecule has 0 unspecified atom stereocenters. The SMILES string of the molecule is CCOc1ccc(C(=O)NNC(=O)c2ccc(C(=O)OC)cc2)cc1OC. The van der Waals surface area contributed by atoms with Crippen LogP contribution in [0.25, 0.3) is 0 Å². The maximum absolute atomic E-state index is 12.2. The van der Waals surface area contributed by atoms with Crippen molar-refractivity contribution in [2.75, 3.05) is 20.8 Å². The molecule has 2 rings (SSSR count). The molecule has 2 aromatic carbocycles. The van der Waals surface area contributed by atoms with Gasteiger partial charge >= 0.3 is 5.97 Å². The van der Waals surface area contributed by atoms with E-state index in [1.165, 1.54) is 44.6 Å². The van der Waals surface area contributed by atoms with Gasteiger partial charge in [-0.1, -0.05) is 0 Å². The first-order chi connectivity index (χ1) is 13.0. The average Bonchev–Trinajstić information content (AvgIpc) is 2.71. The number of rotatable bonds is 6. The van der Waals surface area contributed by atoms with Gasteiger partial charge in [-0.2, -0.15) is 0 Å². The fourth-order valence-corrected chi connectivity index (χ4v) is 2.22. The molecule has 142 valence electrons. The van der Waals surface area contributed by atoms with Gasteiger partial charge in [0.15, 0.2) is 11.5 Å². The van der Waals surface area contributed by atoms with Crippen molar-refractivity contribution in [2.24, 2.45) is 0 Å². The Hall–Kier alpha value is -3.55. The fourth-order valence-electron chi connectivity index (χ4n) is 2.22. The van der Waals surface area contributed by atoms with Gasteiger partial charge in [0.25, 0.3) is 11.8 Å². The van der Waals surface area contributed by atoms with Gasteiger partial charge < -0.3 is 14.2 Å². The van der Waals surface area contributed by atoms with Crippen LogP contribution in [0, 0.1) is 0 Å². The van der Waals surface area contributed by atoms with Crippen LogP contribution in [0.4, 0.5) is 0 Å². The van der Waals surface area contributed by atoms with Gasteiger partial charge in [-0.3, -0.25) is 20.4 Å². The zero-order valence-electron chi connectivity index (χ0n) is 15.2. The van der Waals surface area contributed by atoms with Gasteiger partial charge in [0, 0.05) is 11.1 Å². The summed E-state index contributed by atoms with van der Waals surface area (Å²) in [6.45, 7) is 2.31. The van der Waals surface area contributed by atoms with Crippen molar-refractivity contribution in [3.63, 3.8) is 0 Å². The molecular formula is C19H20N2O6. The minimum absolute atomic E-state index is 0.271. The standard InChI is InChI=1S/C19H20N2O6/c1-4-27-15-10-9-14(11-16(15)25-2)18(23)21-20-17(22)12-5-7-13(8-6-12)19(24)26-3/h5-11H,4H2,1-3H3,(H,20,22)(H,21,23). The number of esters is 1. The molecule has 0 aliphatic carbocycles. The highest BCUT2D eigenvalue weighted by atomic mass is 16.5. The van der Waals surface area contributed by atoms with E-state index < -0.39 is 17.8 Å². The molecule has 0 aromatic heterocycles. The van der Waals surface area contributed by atoms with E-state index in [9.17, 15) is 14.4 Å². The number of benzene rings is 2.